The molecule has 2 aromatic heterocycles. The van der Waals surface area contributed by atoms with E-state index in [-0.39, 0.29) is 30.1 Å². The van der Waals surface area contributed by atoms with Crippen LogP contribution in [-0.2, 0) is 34.4 Å². The molecule has 0 radical (unpaired) electrons. The van der Waals surface area contributed by atoms with Gasteiger partial charge < -0.3 is 29.9 Å². The Hall–Kier alpha value is -3.39. The van der Waals surface area contributed by atoms with E-state index in [0.29, 0.717) is 17.6 Å². The maximum absolute atomic E-state index is 14.1. The van der Waals surface area contributed by atoms with Crippen molar-refractivity contribution in [1.82, 2.24) is 19.7 Å². The molecule has 5 N–H and O–H groups in total. The number of ether oxygens (including phenoxy) is 2. The minimum Gasteiger partial charge on any atom is -0.465 e. The standard InChI is InChI=1S/C29H41N6O8P/c1-7-14-40-27(38)18(2)34-44(39,43-20-10-8-19(9-11-20)28(3,4)5)41-15-22-24(36)25(37)29(42-22,16-31-6)23-13-12-21-26(30)32-17-33-35(21)23/h8-13,17-18,22,24-25,36-37H,6-7,14-16H2,1-5H3,(H,34,39)(H2,30,32,33)/t18-,22+,24+,25+,29-,44?/m0/s1. The molecule has 1 fully saturated rings. The zero-order valence-electron chi connectivity index (χ0n) is 25.5. The van der Waals surface area contributed by atoms with Crippen LogP contribution in [0.15, 0.2) is 47.7 Å². The lowest BCUT2D eigenvalue weighted by molar-refractivity contribution is -0.145. The fourth-order valence-electron chi connectivity index (χ4n) is 4.92. The van der Waals surface area contributed by atoms with Gasteiger partial charge in [-0.15, -0.1) is 0 Å². The molecule has 6 atom stereocenters. The molecule has 14 nitrogen and oxygen atoms in total. The highest BCUT2D eigenvalue weighted by Crippen LogP contribution is 2.47. The summed E-state index contributed by atoms with van der Waals surface area (Å²) in [4.78, 5) is 20.4. The van der Waals surface area contributed by atoms with E-state index in [1.807, 2.05) is 19.1 Å². The Morgan fingerprint density at radius 1 is 1.27 bits per heavy atom. The third kappa shape index (κ3) is 6.96. The number of aliphatic hydroxyl groups excluding tert-OH is 2. The SMILES string of the molecule is C=NC[C@@]1(c2ccc3c(N)ncnn23)O[C@H](COP(=O)(N[C@@H](C)C(=O)OCCC)Oc2ccc(C(C)(C)C)cc2)[C@@H](O)[C@H]1O. The highest BCUT2D eigenvalue weighted by molar-refractivity contribution is 7.52. The van der Waals surface area contributed by atoms with Crippen molar-refractivity contribution in [2.45, 2.75) is 76.4 Å². The Labute approximate surface area is 256 Å². The number of benzene rings is 1. The average Bonchev–Trinajstić information content (AvgIpc) is 3.51. The smallest absolute Gasteiger partial charge is 0.459 e. The van der Waals surface area contributed by atoms with Gasteiger partial charge in [-0.1, -0.05) is 39.8 Å². The lowest BCUT2D eigenvalue weighted by Gasteiger charge is -2.30. The first-order valence-corrected chi connectivity index (χ1v) is 15.8. The van der Waals surface area contributed by atoms with Crippen LogP contribution >= 0.6 is 7.75 Å². The summed E-state index contributed by atoms with van der Waals surface area (Å²) in [6.45, 7) is 12.6. The van der Waals surface area contributed by atoms with E-state index in [1.165, 1.54) is 17.8 Å². The molecular weight excluding hydrogens is 591 g/mol. The maximum atomic E-state index is 14.1. The monoisotopic (exact) mass is 632 g/mol. The Morgan fingerprint density at radius 2 is 1.98 bits per heavy atom. The third-order valence-electron chi connectivity index (χ3n) is 7.31. The number of nitrogens with one attached hydrogen (secondary N) is 1. The van der Waals surface area contributed by atoms with Gasteiger partial charge in [0.2, 0.25) is 0 Å². The second kappa shape index (κ2) is 13.3. The minimum atomic E-state index is -4.30. The molecule has 1 saturated heterocycles. The van der Waals surface area contributed by atoms with Crippen LogP contribution in [0.1, 0.15) is 52.3 Å². The van der Waals surface area contributed by atoms with Gasteiger partial charge in [-0.05, 0) is 55.3 Å². The van der Waals surface area contributed by atoms with Crippen molar-refractivity contribution < 1.29 is 38.1 Å². The number of anilines is 1. The van der Waals surface area contributed by atoms with Crippen LogP contribution in [-0.4, -0.2) is 81.6 Å². The van der Waals surface area contributed by atoms with Gasteiger partial charge in [0.15, 0.2) is 11.4 Å². The highest BCUT2D eigenvalue weighted by Gasteiger charge is 2.57. The van der Waals surface area contributed by atoms with Gasteiger partial charge in [-0.3, -0.25) is 14.3 Å². The fraction of sp³-hybridized carbons (Fsp3) is 0.517. The van der Waals surface area contributed by atoms with Crippen LogP contribution in [0.4, 0.5) is 5.82 Å². The van der Waals surface area contributed by atoms with Crippen molar-refractivity contribution in [2.75, 3.05) is 25.5 Å². The molecule has 4 rings (SSSR count). The van der Waals surface area contributed by atoms with Crippen molar-refractivity contribution >= 4 is 31.8 Å². The fourth-order valence-corrected chi connectivity index (χ4v) is 6.42. The van der Waals surface area contributed by atoms with Gasteiger partial charge >= 0.3 is 13.7 Å². The highest BCUT2D eigenvalue weighted by atomic mass is 31.2. The van der Waals surface area contributed by atoms with E-state index in [0.717, 1.165) is 5.56 Å². The molecule has 1 aliphatic heterocycles. The summed E-state index contributed by atoms with van der Waals surface area (Å²) >= 11 is 0. The summed E-state index contributed by atoms with van der Waals surface area (Å²) in [7, 11) is -4.30. The number of carbonyl (C=O) groups is 1. The molecule has 44 heavy (non-hydrogen) atoms. The summed E-state index contributed by atoms with van der Waals surface area (Å²) < 4.78 is 38.5. The molecule has 0 amide bonds. The molecule has 0 spiro atoms. The number of nitrogens with zero attached hydrogens (tertiary/aromatic N) is 4. The zero-order valence-corrected chi connectivity index (χ0v) is 26.4. The number of esters is 1. The van der Waals surface area contributed by atoms with Crippen molar-refractivity contribution in [3.8, 4) is 5.75 Å². The molecule has 1 unspecified atom stereocenters. The Balaban J connectivity index is 1.60. The van der Waals surface area contributed by atoms with E-state index in [2.05, 4.69) is 47.7 Å². The number of hydrogen-bond acceptors (Lipinski definition) is 12. The number of hydrogen-bond donors (Lipinski definition) is 4. The van der Waals surface area contributed by atoms with Crippen LogP contribution in [0.25, 0.3) is 5.52 Å². The lowest BCUT2D eigenvalue weighted by atomic mass is 9.87. The number of aliphatic imine (C=N–C) groups is 1. The van der Waals surface area contributed by atoms with Gasteiger partial charge in [0, 0.05) is 0 Å². The molecular formula is C29H41N6O8P. The van der Waals surface area contributed by atoms with Crippen molar-refractivity contribution in [3.63, 3.8) is 0 Å². The van der Waals surface area contributed by atoms with E-state index < -0.39 is 50.3 Å². The van der Waals surface area contributed by atoms with E-state index in [4.69, 9.17) is 24.3 Å². The Morgan fingerprint density at radius 3 is 2.61 bits per heavy atom. The number of aliphatic hydroxyl groups is 2. The Bertz CT molecular complexity index is 1510. The van der Waals surface area contributed by atoms with Crippen LogP contribution in [0.5, 0.6) is 5.75 Å². The lowest BCUT2D eigenvalue weighted by Crippen LogP contribution is -2.44. The van der Waals surface area contributed by atoms with E-state index in [1.54, 1.807) is 24.3 Å². The zero-order chi connectivity index (χ0) is 32.3. The van der Waals surface area contributed by atoms with Crippen molar-refractivity contribution in [3.05, 3.63) is 54.0 Å². The first kappa shape index (κ1) is 33.5. The van der Waals surface area contributed by atoms with Crippen LogP contribution in [0.3, 0.4) is 0 Å². The summed E-state index contributed by atoms with van der Waals surface area (Å²) in [5.74, 6) is -0.224. The normalized spacial score (nSPS) is 24.1. The summed E-state index contributed by atoms with van der Waals surface area (Å²) in [6, 6.07) is 9.19. The minimum absolute atomic E-state index is 0.124. The van der Waals surface area contributed by atoms with Gasteiger partial charge in [-0.2, -0.15) is 10.2 Å². The second-order valence-electron chi connectivity index (χ2n) is 11.7. The predicted molar refractivity (Wildman–Crippen MR) is 164 cm³/mol. The van der Waals surface area contributed by atoms with E-state index >= 15 is 0 Å². The average molecular weight is 633 g/mol. The van der Waals surface area contributed by atoms with Gasteiger partial charge in [-0.25, -0.2) is 14.1 Å². The third-order valence-corrected chi connectivity index (χ3v) is 8.96. The summed E-state index contributed by atoms with van der Waals surface area (Å²) in [5.41, 5.74) is 6.08. The van der Waals surface area contributed by atoms with Gasteiger partial charge in [0.25, 0.3) is 0 Å². The predicted octanol–water partition coefficient (Wildman–Crippen LogP) is 2.76. The molecule has 3 aromatic rings. The molecule has 3 heterocycles. The quantitative estimate of drug-likeness (QED) is 0.123. The van der Waals surface area contributed by atoms with Gasteiger partial charge in [0.1, 0.15) is 41.9 Å². The Kier molecular flexibility index (Phi) is 10.1. The number of aromatic nitrogens is 3. The first-order valence-electron chi connectivity index (χ1n) is 14.3. The van der Waals surface area contributed by atoms with Crippen LogP contribution in [0.2, 0.25) is 0 Å². The second-order valence-corrected chi connectivity index (χ2v) is 13.4. The first-order chi connectivity index (χ1) is 20.7. The van der Waals surface area contributed by atoms with Crippen LogP contribution < -0.4 is 15.3 Å². The number of rotatable bonds is 13. The van der Waals surface area contributed by atoms with Crippen LogP contribution in [0, 0.1) is 0 Å². The number of carbonyl (C=O) groups excluding carboxylic acids is 1. The molecule has 240 valence electrons. The molecule has 0 bridgehead atoms. The molecule has 0 aliphatic carbocycles. The van der Waals surface area contributed by atoms with Crippen molar-refractivity contribution in [2.24, 2.45) is 4.99 Å². The number of nitrogens with two attached hydrogens (primary N) is 1. The number of nitrogen functional groups attached to an aromatic ring is 1. The number of fused-ring (bicyclic) bond motifs is 1. The molecule has 1 aromatic carbocycles. The van der Waals surface area contributed by atoms with Gasteiger partial charge in [0.05, 0.1) is 25.5 Å². The molecule has 15 heteroatoms. The largest absolute Gasteiger partial charge is 0.465 e. The van der Waals surface area contributed by atoms with E-state index in [9.17, 15) is 19.6 Å². The molecule has 1 aliphatic rings. The topological polar surface area (TPSA) is 192 Å². The maximum Gasteiger partial charge on any atom is 0.459 e. The summed E-state index contributed by atoms with van der Waals surface area (Å²) in [5, 5.41) is 29.2. The summed E-state index contributed by atoms with van der Waals surface area (Å²) in [6.07, 6.45) is -2.37. The van der Waals surface area contributed by atoms with Crippen molar-refractivity contribution in [1.29, 1.82) is 0 Å². The molecule has 0 saturated carbocycles.